The predicted molar refractivity (Wildman–Crippen MR) is 119 cm³/mol. The molecule has 156 valence electrons. The smallest absolute Gasteiger partial charge is 0.322 e. The number of urea groups is 1. The third kappa shape index (κ3) is 3.50. The van der Waals surface area contributed by atoms with Crippen molar-refractivity contribution in [1.82, 2.24) is 9.88 Å². The molecule has 0 saturated carbocycles. The van der Waals surface area contributed by atoms with Gasteiger partial charge in [0.1, 0.15) is 11.6 Å². The number of nitrogens with zero attached hydrogens (tertiary/aromatic N) is 1. The van der Waals surface area contributed by atoms with E-state index in [1.54, 1.807) is 36.3 Å². The second kappa shape index (κ2) is 7.80. The highest BCUT2D eigenvalue weighted by atomic mass is 19.1. The maximum Gasteiger partial charge on any atom is 0.322 e. The fourth-order valence-electron chi connectivity index (χ4n) is 4.32. The second-order valence-corrected chi connectivity index (χ2v) is 7.62. The number of carbonyl (C=O) groups is 1. The standard InChI is InChI=1S/C25H22FN3O2/c1-31-19-12-10-18(11-13-19)27-25(30)29-15-14-21-20-4-2-3-5-22(20)28-23(21)24(29)16-6-8-17(26)9-7-16/h2-13,24,28H,14-15H2,1H3,(H,27,30)/t24-/m0/s1. The van der Waals surface area contributed by atoms with Crippen LogP contribution in [0, 0.1) is 5.82 Å². The third-order valence-corrected chi connectivity index (χ3v) is 5.82. The number of para-hydroxylation sites is 1. The number of benzene rings is 3. The Hall–Kier alpha value is -3.80. The van der Waals surface area contributed by atoms with Gasteiger partial charge in [-0.15, -0.1) is 0 Å². The largest absolute Gasteiger partial charge is 0.497 e. The van der Waals surface area contributed by atoms with Crippen LogP contribution in [-0.4, -0.2) is 29.6 Å². The Morgan fingerprint density at radius 2 is 1.81 bits per heavy atom. The Balaban J connectivity index is 1.53. The molecule has 1 atom stereocenters. The lowest BCUT2D eigenvalue weighted by molar-refractivity contribution is 0.193. The van der Waals surface area contributed by atoms with Crippen LogP contribution in [0.5, 0.6) is 5.75 Å². The topological polar surface area (TPSA) is 57.4 Å². The van der Waals surface area contributed by atoms with Crippen LogP contribution in [0.1, 0.15) is 22.9 Å². The second-order valence-electron chi connectivity index (χ2n) is 7.62. The number of hydrogen-bond donors (Lipinski definition) is 2. The molecular weight excluding hydrogens is 393 g/mol. The van der Waals surface area contributed by atoms with Crippen LogP contribution in [0.2, 0.25) is 0 Å². The van der Waals surface area contributed by atoms with Gasteiger partial charge < -0.3 is 19.9 Å². The number of aromatic nitrogens is 1. The molecule has 2 N–H and O–H groups in total. The van der Waals surface area contributed by atoms with Gasteiger partial charge in [-0.2, -0.15) is 0 Å². The molecule has 0 unspecified atom stereocenters. The van der Waals surface area contributed by atoms with Crippen molar-refractivity contribution in [1.29, 1.82) is 0 Å². The molecule has 1 aliphatic heterocycles. The fraction of sp³-hybridized carbons (Fsp3) is 0.160. The van der Waals surface area contributed by atoms with E-state index in [-0.39, 0.29) is 17.9 Å². The molecule has 2 heterocycles. The van der Waals surface area contributed by atoms with Gasteiger partial charge in [0.05, 0.1) is 13.2 Å². The number of ether oxygens (including phenoxy) is 1. The molecule has 0 spiro atoms. The van der Waals surface area contributed by atoms with Crippen molar-refractivity contribution in [2.45, 2.75) is 12.5 Å². The molecular formula is C25H22FN3O2. The van der Waals surface area contributed by atoms with Crippen molar-refractivity contribution in [2.24, 2.45) is 0 Å². The first-order chi connectivity index (χ1) is 15.1. The summed E-state index contributed by atoms with van der Waals surface area (Å²) in [6.07, 6.45) is 0.743. The summed E-state index contributed by atoms with van der Waals surface area (Å²) in [4.78, 5) is 18.6. The van der Waals surface area contributed by atoms with Crippen molar-refractivity contribution >= 4 is 22.6 Å². The SMILES string of the molecule is COc1ccc(NC(=O)N2CCc3c([nH]c4ccccc34)[C@@H]2c2ccc(F)cc2)cc1. The van der Waals surface area contributed by atoms with E-state index in [1.807, 2.05) is 30.3 Å². The number of halogens is 1. The minimum atomic E-state index is -0.338. The molecule has 4 aromatic rings. The molecule has 6 heteroatoms. The molecule has 3 aromatic carbocycles. The van der Waals surface area contributed by atoms with Crippen molar-refractivity contribution in [2.75, 3.05) is 19.0 Å². The molecule has 31 heavy (non-hydrogen) atoms. The molecule has 5 rings (SSSR count). The molecule has 1 aromatic heterocycles. The van der Waals surface area contributed by atoms with Crippen LogP contribution in [0.3, 0.4) is 0 Å². The van der Waals surface area contributed by atoms with E-state index in [0.717, 1.165) is 28.9 Å². The summed E-state index contributed by atoms with van der Waals surface area (Å²) in [5.74, 6) is 0.425. The van der Waals surface area contributed by atoms with Crippen LogP contribution in [0.4, 0.5) is 14.9 Å². The number of methoxy groups -OCH3 is 1. The van der Waals surface area contributed by atoms with Crippen LogP contribution < -0.4 is 10.1 Å². The van der Waals surface area contributed by atoms with E-state index >= 15 is 0 Å². The first-order valence-corrected chi connectivity index (χ1v) is 10.2. The van der Waals surface area contributed by atoms with Crippen LogP contribution in [-0.2, 0) is 6.42 Å². The number of H-pyrrole nitrogens is 1. The van der Waals surface area contributed by atoms with Crippen molar-refractivity contribution in [3.05, 3.63) is 95.4 Å². The van der Waals surface area contributed by atoms with Gasteiger partial charge in [0.25, 0.3) is 0 Å². The monoisotopic (exact) mass is 415 g/mol. The Labute approximate surface area is 179 Å². The number of anilines is 1. The summed E-state index contributed by atoms with van der Waals surface area (Å²) in [6.45, 7) is 0.554. The third-order valence-electron chi connectivity index (χ3n) is 5.82. The van der Waals surface area contributed by atoms with E-state index in [2.05, 4.69) is 16.4 Å². The van der Waals surface area contributed by atoms with Gasteiger partial charge in [-0.05, 0) is 60.0 Å². The summed E-state index contributed by atoms with van der Waals surface area (Å²) in [5.41, 5.74) is 4.77. The zero-order valence-corrected chi connectivity index (χ0v) is 17.1. The van der Waals surface area contributed by atoms with E-state index in [1.165, 1.54) is 23.1 Å². The Morgan fingerprint density at radius 3 is 2.55 bits per heavy atom. The predicted octanol–water partition coefficient (Wildman–Crippen LogP) is 5.50. The van der Waals surface area contributed by atoms with Gasteiger partial charge in [0, 0.05) is 28.8 Å². The maximum atomic E-state index is 13.6. The molecule has 5 nitrogen and oxygen atoms in total. The van der Waals surface area contributed by atoms with Gasteiger partial charge in [-0.1, -0.05) is 30.3 Å². The van der Waals surface area contributed by atoms with Crippen LogP contribution >= 0.6 is 0 Å². The van der Waals surface area contributed by atoms with Gasteiger partial charge in [-0.3, -0.25) is 0 Å². The Morgan fingerprint density at radius 1 is 1.06 bits per heavy atom. The molecule has 0 saturated heterocycles. The maximum absolute atomic E-state index is 13.6. The van der Waals surface area contributed by atoms with Gasteiger partial charge in [-0.25, -0.2) is 9.18 Å². The van der Waals surface area contributed by atoms with Gasteiger partial charge in [0.2, 0.25) is 0 Å². The quantitative estimate of drug-likeness (QED) is 0.465. The van der Waals surface area contributed by atoms with Gasteiger partial charge in [0.15, 0.2) is 0 Å². The Bertz CT molecular complexity index is 1230. The van der Waals surface area contributed by atoms with Crippen molar-refractivity contribution in [3.8, 4) is 5.75 Å². The molecule has 0 bridgehead atoms. The van der Waals surface area contributed by atoms with Crippen molar-refractivity contribution < 1.29 is 13.9 Å². The number of amides is 2. The lowest BCUT2D eigenvalue weighted by Gasteiger charge is -2.36. The van der Waals surface area contributed by atoms with Crippen LogP contribution in [0.25, 0.3) is 10.9 Å². The van der Waals surface area contributed by atoms with Gasteiger partial charge >= 0.3 is 6.03 Å². The fourth-order valence-corrected chi connectivity index (χ4v) is 4.32. The van der Waals surface area contributed by atoms with E-state index in [0.29, 0.717) is 12.2 Å². The first kappa shape index (κ1) is 19.2. The number of fused-ring (bicyclic) bond motifs is 3. The number of carbonyl (C=O) groups excluding carboxylic acids is 1. The van der Waals surface area contributed by atoms with E-state index in [9.17, 15) is 9.18 Å². The lowest BCUT2D eigenvalue weighted by atomic mass is 9.92. The lowest BCUT2D eigenvalue weighted by Crippen LogP contribution is -2.43. The molecule has 0 radical (unpaired) electrons. The van der Waals surface area contributed by atoms with E-state index in [4.69, 9.17) is 4.74 Å². The summed E-state index contributed by atoms with van der Waals surface area (Å²) in [5, 5.41) is 4.15. The average molecular weight is 415 g/mol. The summed E-state index contributed by atoms with van der Waals surface area (Å²) in [7, 11) is 1.60. The molecule has 0 fully saturated rings. The first-order valence-electron chi connectivity index (χ1n) is 10.2. The van der Waals surface area contributed by atoms with Crippen LogP contribution in [0.15, 0.2) is 72.8 Å². The number of nitrogens with one attached hydrogen (secondary N) is 2. The zero-order chi connectivity index (χ0) is 21.4. The summed E-state index contributed by atoms with van der Waals surface area (Å²) >= 11 is 0. The Kier molecular flexibility index (Phi) is 4.82. The normalized spacial score (nSPS) is 15.5. The zero-order valence-electron chi connectivity index (χ0n) is 17.1. The number of hydrogen-bond acceptors (Lipinski definition) is 2. The minimum absolute atomic E-state index is 0.205. The average Bonchev–Trinajstić information content (AvgIpc) is 3.18. The number of rotatable bonds is 3. The number of aromatic amines is 1. The highest BCUT2D eigenvalue weighted by Crippen LogP contribution is 2.38. The minimum Gasteiger partial charge on any atom is -0.497 e. The highest BCUT2D eigenvalue weighted by molar-refractivity contribution is 5.91. The van der Waals surface area contributed by atoms with Crippen molar-refractivity contribution in [3.63, 3.8) is 0 Å². The molecule has 2 amide bonds. The summed E-state index contributed by atoms with van der Waals surface area (Å²) < 4.78 is 18.8. The molecule has 1 aliphatic rings. The molecule has 0 aliphatic carbocycles. The van der Waals surface area contributed by atoms with E-state index < -0.39 is 0 Å². The highest BCUT2D eigenvalue weighted by Gasteiger charge is 2.34. The summed E-state index contributed by atoms with van der Waals surface area (Å²) in [6, 6.07) is 21.2.